The zero-order valence-corrected chi connectivity index (χ0v) is 30.9. The van der Waals surface area contributed by atoms with Crippen molar-refractivity contribution in [3.05, 3.63) is 35.5 Å². The highest BCUT2D eigenvalue weighted by atomic mass is 32.2. The monoisotopic (exact) mass is 746 g/mol. The summed E-state index contributed by atoms with van der Waals surface area (Å²) in [5, 5.41) is 15.4. The number of phenolic OH excluding ortho intramolecular Hbond substituents is 1. The van der Waals surface area contributed by atoms with Crippen LogP contribution in [0.1, 0.15) is 24.6 Å². The zero-order valence-electron chi connectivity index (χ0n) is 29.2. The number of benzene rings is 1. The highest BCUT2D eigenvalue weighted by molar-refractivity contribution is 7.99. The second-order valence-corrected chi connectivity index (χ2v) is 12.6. The number of anilines is 1. The summed E-state index contributed by atoms with van der Waals surface area (Å²) in [6.07, 6.45) is 1.00. The van der Waals surface area contributed by atoms with Gasteiger partial charge in [-0.05, 0) is 43.0 Å². The third-order valence-corrected chi connectivity index (χ3v) is 8.50. The molecule has 17 heteroatoms. The van der Waals surface area contributed by atoms with E-state index in [-0.39, 0.29) is 17.6 Å². The van der Waals surface area contributed by atoms with Crippen molar-refractivity contribution >= 4 is 40.2 Å². The van der Waals surface area contributed by atoms with Gasteiger partial charge in [0.2, 0.25) is 11.8 Å². The largest absolute Gasteiger partial charge is 0.508 e. The van der Waals surface area contributed by atoms with E-state index in [1.165, 1.54) is 30.2 Å². The van der Waals surface area contributed by atoms with Crippen molar-refractivity contribution in [1.29, 1.82) is 0 Å². The molecule has 1 heterocycles. The van der Waals surface area contributed by atoms with Crippen molar-refractivity contribution in [2.24, 2.45) is 0 Å². The van der Waals surface area contributed by atoms with Crippen molar-refractivity contribution in [3.63, 3.8) is 0 Å². The number of amides is 2. The molecule has 50 heavy (non-hydrogen) atoms. The van der Waals surface area contributed by atoms with Crippen molar-refractivity contribution < 1.29 is 52.6 Å². The fourth-order valence-corrected chi connectivity index (χ4v) is 5.65. The Morgan fingerprint density at radius 3 is 1.64 bits per heavy atom. The Morgan fingerprint density at radius 2 is 1.16 bits per heavy atom. The van der Waals surface area contributed by atoms with Crippen LogP contribution in [0.5, 0.6) is 5.75 Å². The lowest BCUT2D eigenvalue weighted by molar-refractivity contribution is -0.122. The molecule has 2 rings (SSSR count). The average molecular weight is 747 g/mol. The Kier molecular flexibility index (Phi) is 26.4. The van der Waals surface area contributed by atoms with Crippen LogP contribution >= 0.6 is 23.3 Å². The zero-order chi connectivity index (χ0) is 35.9. The van der Waals surface area contributed by atoms with Crippen molar-refractivity contribution in [1.82, 2.24) is 15.0 Å². The van der Waals surface area contributed by atoms with E-state index in [1.54, 1.807) is 12.1 Å². The predicted molar refractivity (Wildman–Crippen MR) is 191 cm³/mol. The molecule has 0 atom stereocenters. The number of aromatic hydroxyl groups is 1. The first-order chi connectivity index (χ1) is 24.4. The van der Waals surface area contributed by atoms with E-state index < -0.39 is 0 Å². The van der Waals surface area contributed by atoms with Crippen LogP contribution in [0.25, 0.3) is 0 Å². The molecule has 1 aromatic heterocycles. The summed E-state index contributed by atoms with van der Waals surface area (Å²) in [6, 6.07) is 6.94. The maximum Gasteiger partial charge on any atom is 0.223 e. The summed E-state index contributed by atoms with van der Waals surface area (Å²) in [5.41, 5.74) is 1.93. The molecule has 284 valence electrons. The van der Waals surface area contributed by atoms with E-state index in [9.17, 15) is 14.7 Å². The molecule has 0 aliphatic rings. The maximum atomic E-state index is 11.9. The van der Waals surface area contributed by atoms with E-state index in [2.05, 4.69) is 20.3 Å². The van der Waals surface area contributed by atoms with Crippen LogP contribution < -0.4 is 15.4 Å². The van der Waals surface area contributed by atoms with Gasteiger partial charge in [-0.2, -0.15) is 0 Å². The minimum atomic E-state index is -0.131. The van der Waals surface area contributed by atoms with E-state index in [0.717, 1.165) is 15.5 Å². The Hall–Kier alpha value is -2.42. The Bertz CT molecular complexity index is 1150. The van der Waals surface area contributed by atoms with Crippen LogP contribution in [0.2, 0.25) is 0 Å². The van der Waals surface area contributed by atoms with Gasteiger partial charge in [-0.15, -0.1) is 0 Å². The number of thiazole rings is 1. The van der Waals surface area contributed by atoms with Crippen LogP contribution in [0.3, 0.4) is 0 Å². The van der Waals surface area contributed by atoms with Crippen molar-refractivity contribution in [2.45, 2.75) is 30.9 Å². The second kappa shape index (κ2) is 30.2. The van der Waals surface area contributed by atoms with Gasteiger partial charge >= 0.3 is 0 Å². The van der Waals surface area contributed by atoms with Gasteiger partial charge < -0.3 is 53.6 Å². The molecule has 0 bridgehead atoms. The van der Waals surface area contributed by atoms with Crippen LogP contribution in [-0.2, 0) is 53.9 Å². The molecule has 0 spiro atoms. The number of carbonyl (C=O) groups excluding carboxylic acids is 2. The first-order valence-corrected chi connectivity index (χ1v) is 18.4. The van der Waals surface area contributed by atoms with E-state index in [4.69, 9.17) is 37.9 Å². The standard InChI is InChI=1S/C33H54N4O11S2/c1-27-32(49-33(36-27)37-28(2)38)50-35-10-12-42-14-16-44-18-20-46-22-24-48-26-25-47-23-21-45-19-17-43-15-13-41-11-8-31(40)34-9-7-29-3-5-30(39)6-4-29/h3-6,35,39H,7-26H2,1-2H3,(H,34,40)(H,36,37,38). The maximum absolute atomic E-state index is 11.9. The number of nitrogens with one attached hydrogen (secondary N) is 3. The van der Waals surface area contributed by atoms with Crippen molar-refractivity contribution in [3.8, 4) is 5.75 Å². The van der Waals surface area contributed by atoms with Gasteiger partial charge in [0.1, 0.15) is 5.75 Å². The summed E-state index contributed by atoms with van der Waals surface area (Å²) in [6.45, 7) is 12.1. The molecule has 0 aliphatic carbocycles. The van der Waals surface area contributed by atoms with E-state index >= 15 is 0 Å². The summed E-state index contributed by atoms with van der Waals surface area (Å²) in [4.78, 5) is 27.3. The molecule has 4 N–H and O–H groups in total. The molecule has 0 unspecified atom stereocenters. The third-order valence-electron chi connectivity index (χ3n) is 6.30. The highest BCUT2D eigenvalue weighted by Gasteiger charge is 2.09. The molecule has 0 saturated carbocycles. The third kappa shape index (κ3) is 24.7. The van der Waals surface area contributed by atoms with Gasteiger partial charge in [0.25, 0.3) is 0 Å². The Morgan fingerprint density at radius 1 is 0.700 bits per heavy atom. The van der Waals surface area contributed by atoms with Gasteiger partial charge in [0.05, 0.1) is 116 Å². The minimum absolute atomic E-state index is 0.0570. The highest BCUT2D eigenvalue weighted by Crippen LogP contribution is 2.30. The normalized spacial score (nSPS) is 11.2. The number of aromatic nitrogens is 1. The molecule has 2 amide bonds. The number of nitrogens with zero attached hydrogens (tertiary/aromatic N) is 1. The molecular formula is C33H54N4O11S2. The first kappa shape index (κ1) is 43.7. The number of rotatable bonds is 33. The predicted octanol–water partition coefficient (Wildman–Crippen LogP) is 2.59. The fraction of sp³-hybridized carbons (Fsp3) is 0.667. The SMILES string of the molecule is CC(=O)Nc1nc(C)c(SNCCOCCOCCOCCOCCOCCOCCOCCOCCC(=O)NCCc2ccc(O)cc2)s1. The summed E-state index contributed by atoms with van der Waals surface area (Å²) < 4.78 is 48.1. The fourth-order valence-electron chi connectivity index (χ4n) is 3.82. The van der Waals surface area contributed by atoms with Gasteiger partial charge in [-0.1, -0.05) is 23.5 Å². The van der Waals surface area contributed by atoms with E-state index in [1.807, 2.05) is 19.1 Å². The van der Waals surface area contributed by atoms with Gasteiger partial charge in [-0.25, -0.2) is 4.98 Å². The second-order valence-electron chi connectivity index (χ2n) is 10.5. The van der Waals surface area contributed by atoms with Crippen LogP contribution in [-0.4, -0.2) is 141 Å². The minimum Gasteiger partial charge on any atom is -0.508 e. The lowest BCUT2D eigenvalue weighted by Crippen LogP contribution is -2.26. The summed E-state index contributed by atoms with van der Waals surface area (Å²) in [5.74, 6) is 0.0423. The van der Waals surface area contributed by atoms with Gasteiger partial charge in [0.15, 0.2) is 5.13 Å². The number of carbonyl (C=O) groups is 2. The summed E-state index contributed by atoms with van der Waals surface area (Å²) in [7, 11) is 0. The van der Waals surface area contributed by atoms with Crippen LogP contribution in [0, 0.1) is 6.92 Å². The van der Waals surface area contributed by atoms with Gasteiger partial charge in [0, 0.05) is 26.4 Å². The molecule has 0 fully saturated rings. The quantitative estimate of drug-likeness (QED) is 0.0619. The smallest absolute Gasteiger partial charge is 0.223 e. The number of hydrogen-bond donors (Lipinski definition) is 4. The Balaban J connectivity index is 1.19. The molecular weight excluding hydrogens is 693 g/mol. The lowest BCUT2D eigenvalue weighted by Gasteiger charge is -2.09. The molecule has 0 radical (unpaired) electrons. The number of phenols is 1. The average Bonchev–Trinajstić information content (AvgIpc) is 3.44. The van der Waals surface area contributed by atoms with E-state index in [0.29, 0.717) is 137 Å². The number of aryl methyl sites for hydroxylation is 1. The Labute approximate surface area is 303 Å². The topological polar surface area (TPSA) is 177 Å². The summed E-state index contributed by atoms with van der Waals surface area (Å²) >= 11 is 2.91. The van der Waals surface area contributed by atoms with Crippen molar-refractivity contribution in [2.75, 3.05) is 124 Å². The number of hydrogen-bond acceptors (Lipinski definition) is 15. The molecule has 1 aromatic carbocycles. The van der Waals surface area contributed by atoms with Crippen LogP contribution in [0.4, 0.5) is 5.13 Å². The molecule has 15 nitrogen and oxygen atoms in total. The molecule has 0 aliphatic heterocycles. The lowest BCUT2D eigenvalue weighted by atomic mass is 10.1. The molecule has 2 aromatic rings. The van der Waals surface area contributed by atoms with Gasteiger partial charge in [-0.3, -0.25) is 14.3 Å². The molecule has 0 saturated heterocycles. The first-order valence-electron chi connectivity index (χ1n) is 16.7. The van der Waals surface area contributed by atoms with Crippen LogP contribution in [0.15, 0.2) is 28.5 Å². The number of ether oxygens (including phenoxy) is 8.